The van der Waals surface area contributed by atoms with Crippen molar-refractivity contribution in [2.45, 2.75) is 41.0 Å². The number of benzene rings is 1. The molecule has 2 amide bonds. The minimum Gasteiger partial charge on any atom is -0.496 e. The van der Waals surface area contributed by atoms with Crippen molar-refractivity contribution in [1.29, 1.82) is 0 Å². The van der Waals surface area contributed by atoms with Crippen molar-refractivity contribution in [3.63, 3.8) is 0 Å². The van der Waals surface area contributed by atoms with Gasteiger partial charge in [-0.15, -0.1) is 0 Å². The number of ether oxygens (including phenoxy) is 1. The van der Waals surface area contributed by atoms with Gasteiger partial charge in [0.1, 0.15) is 5.75 Å². The summed E-state index contributed by atoms with van der Waals surface area (Å²) >= 11 is 0. The van der Waals surface area contributed by atoms with Crippen LogP contribution in [0.25, 0.3) is 0 Å². The lowest BCUT2D eigenvalue weighted by Gasteiger charge is -2.28. The highest BCUT2D eigenvalue weighted by Gasteiger charge is 2.30. The van der Waals surface area contributed by atoms with Crippen LogP contribution in [0.1, 0.15) is 48.7 Å². The molecule has 5 heteroatoms. The molecular formula is C20H30N2O3. The second-order valence-electron chi connectivity index (χ2n) is 7.85. The van der Waals surface area contributed by atoms with Crippen LogP contribution in [-0.4, -0.2) is 54.9 Å². The molecule has 0 atom stereocenters. The first-order valence-electron chi connectivity index (χ1n) is 8.89. The summed E-state index contributed by atoms with van der Waals surface area (Å²) in [5.74, 6) is 0.766. The summed E-state index contributed by atoms with van der Waals surface area (Å²) in [6.07, 6.45) is 0.792. The number of hydrogen-bond acceptors (Lipinski definition) is 3. The van der Waals surface area contributed by atoms with Gasteiger partial charge in [0.15, 0.2) is 0 Å². The molecule has 1 aromatic carbocycles. The lowest BCUT2D eigenvalue weighted by molar-refractivity contribution is -0.139. The van der Waals surface area contributed by atoms with Crippen molar-refractivity contribution in [3.8, 4) is 5.75 Å². The van der Waals surface area contributed by atoms with Gasteiger partial charge in [0.05, 0.1) is 12.7 Å². The molecule has 0 unspecified atom stereocenters. The lowest BCUT2D eigenvalue weighted by atomic mass is 9.94. The molecule has 138 valence electrons. The van der Waals surface area contributed by atoms with Crippen LogP contribution in [0.3, 0.4) is 0 Å². The molecule has 0 saturated carbocycles. The highest BCUT2D eigenvalue weighted by molar-refractivity contribution is 5.97. The summed E-state index contributed by atoms with van der Waals surface area (Å²) in [6.45, 7) is 12.2. The Labute approximate surface area is 150 Å². The maximum absolute atomic E-state index is 13.1. The third-order valence-electron chi connectivity index (χ3n) is 4.57. The zero-order valence-corrected chi connectivity index (χ0v) is 16.3. The van der Waals surface area contributed by atoms with E-state index in [-0.39, 0.29) is 11.8 Å². The summed E-state index contributed by atoms with van der Waals surface area (Å²) < 4.78 is 5.47. The van der Waals surface area contributed by atoms with E-state index in [9.17, 15) is 9.59 Å². The fraction of sp³-hybridized carbons (Fsp3) is 0.600. The van der Waals surface area contributed by atoms with Crippen molar-refractivity contribution in [2.24, 2.45) is 5.41 Å². The Morgan fingerprint density at radius 2 is 1.60 bits per heavy atom. The molecule has 0 radical (unpaired) electrons. The summed E-state index contributed by atoms with van der Waals surface area (Å²) in [7, 11) is 1.60. The number of aryl methyl sites for hydroxylation is 2. The highest BCUT2D eigenvalue weighted by Crippen LogP contribution is 2.27. The fourth-order valence-electron chi connectivity index (χ4n) is 3.35. The monoisotopic (exact) mass is 346 g/mol. The third kappa shape index (κ3) is 4.33. The lowest BCUT2D eigenvalue weighted by Crippen LogP contribution is -2.42. The Morgan fingerprint density at radius 1 is 1.00 bits per heavy atom. The summed E-state index contributed by atoms with van der Waals surface area (Å²) in [4.78, 5) is 29.3. The first-order valence-corrected chi connectivity index (χ1v) is 8.89. The van der Waals surface area contributed by atoms with E-state index in [4.69, 9.17) is 4.74 Å². The average Bonchev–Trinajstić information content (AvgIpc) is 2.77. The van der Waals surface area contributed by atoms with E-state index in [1.165, 1.54) is 0 Å². The van der Waals surface area contributed by atoms with Gasteiger partial charge >= 0.3 is 0 Å². The molecule has 0 N–H and O–H groups in total. The van der Waals surface area contributed by atoms with Crippen LogP contribution in [0.2, 0.25) is 0 Å². The highest BCUT2D eigenvalue weighted by atomic mass is 16.5. The van der Waals surface area contributed by atoms with Crippen molar-refractivity contribution >= 4 is 11.8 Å². The van der Waals surface area contributed by atoms with Crippen LogP contribution in [0.4, 0.5) is 0 Å². The molecule has 2 rings (SSSR count). The first kappa shape index (κ1) is 19.3. The molecular weight excluding hydrogens is 316 g/mol. The Kier molecular flexibility index (Phi) is 5.76. The maximum Gasteiger partial charge on any atom is 0.257 e. The number of carbonyl (C=O) groups excluding carboxylic acids is 2. The van der Waals surface area contributed by atoms with Crippen LogP contribution in [0.15, 0.2) is 12.1 Å². The van der Waals surface area contributed by atoms with E-state index in [0.29, 0.717) is 37.5 Å². The minimum atomic E-state index is -0.393. The van der Waals surface area contributed by atoms with E-state index >= 15 is 0 Å². The quantitative estimate of drug-likeness (QED) is 0.827. The van der Waals surface area contributed by atoms with Gasteiger partial charge in [-0.05, 0) is 37.5 Å². The van der Waals surface area contributed by atoms with Crippen LogP contribution >= 0.6 is 0 Å². The maximum atomic E-state index is 13.1. The topological polar surface area (TPSA) is 49.9 Å². The predicted octanol–water partition coefficient (Wildman–Crippen LogP) is 3.03. The molecule has 1 aliphatic rings. The van der Waals surface area contributed by atoms with Crippen LogP contribution in [0, 0.1) is 19.3 Å². The van der Waals surface area contributed by atoms with Crippen LogP contribution < -0.4 is 4.74 Å². The van der Waals surface area contributed by atoms with E-state index in [1.807, 2.05) is 56.6 Å². The Morgan fingerprint density at radius 3 is 2.20 bits per heavy atom. The molecule has 1 aliphatic heterocycles. The van der Waals surface area contributed by atoms with E-state index in [2.05, 4.69) is 0 Å². The van der Waals surface area contributed by atoms with Gasteiger partial charge in [-0.1, -0.05) is 26.8 Å². The zero-order valence-electron chi connectivity index (χ0n) is 16.3. The largest absolute Gasteiger partial charge is 0.496 e. The normalized spacial score (nSPS) is 15.8. The average molecular weight is 346 g/mol. The van der Waals surface area contributed by atoms with Gasteiger partial charge in [0.2, 0.25) is 5.91 Å². The second-order valence-corrected chi connectivity index (χ2v) is 7.85. The van der Waals surface area contributed by atoms with Crippen molar-refractivity contribution in [1.82, 2.24) is 9.80 Å². The number of rotatable bonds is 2. The molecule has 0 aromatic heterocycles. The first-order chi connectivity index (χ1) is 11.6. The van der Waals surface area contributed by atoms with Crippen LogP contribution in [-0.2, 0) is 4.79 Å². The number of methoxy groups -OCH3 is 1. The van der Waals surface area contributed by atoms with Crippen LogP contribution in [0.5, 0.6) is 5.75 Å². The molecule has 1 aromatic rings. The smallest absolute Gasteiger partial charge is 0.257 e. The fourth-order valence-corrected chi connectivity index (χ4v) is 3.35. The zero-order chi connectivity index (χ0) is 18.8. The van der Waals surface area contributed by atoms with Gasteiger partial charge in [0.25, 0.3) is 5.91 Å². The molecule has 0 bridgehead atoms. The number of carbonyl (C=O) groups is 2. The molecule has 0 spiro atoms. The van der Waals surface area contributed by atoms with Crippen molar-refractivity contribution < 1.29 is 14.3 Å². The number of hydrogen-bond donors (Lipinski definition) is 0. The SMILES string of the molecule is COc1c(C)cc(C)cc1C(=O)N1CCCN(C(=O)C(C)(C)C)CC1. The predicted molar refractivity (Wildman–Crippen MR) is 99.0 cm³/mol. The van der Waals surface area contributed by atoms with E-state index in [1.54, 1.807) is 7.11 Å². The Balaban J connectivity index is 2.18. The molecule has 1 heterocycles. The van der Waals surface area contributed by atoms with Gasteiger partial charge < -0.3 is 14.5 Å². The second kappa shape index (κ2) is 7.46. The molecule has 5 nitrogen and oxygen atoms in total. The van der Waals surface area contributed by atoms with E-state index < -0.39 is 5.41 Å². The Hall–Kier alpha value is -2.04. The standard InChI is InChI=1S/C20H30N2O3/c1-14-12-15(2)17(25-6)16(13-14)18(23)21-8-7-9-22(11-10-21)19(24)20(3,4)5/h12-13H,7-11H2,1-6H3. The van der Waals surface area contributed by atoms with E-state index in [0.717, 1.165) is 17.5 Å². The number of nitrogens with zero attached hydrogens (tertiary/aromatic N) is 2. The van der Waals surface area contributed by atoms with Gasteiger partial charge in [-0.2, -0.15) is 0 Å². The molecule has 0 aliphatic carbocycles. The van der Waals surface area contributed by atoms with Gasteiger partial charge in [0, 0.05) is 31.6 Å². The van der Waals surface area contributed by atoms with Crippen molar-refractivity contribution in [2.75, 3.05) is 33.3 Å². The molecule has 25 heavy (non-hydrogen) atoms. The van der Waals surface area contributed by atoms with Crippen molar-refractivity contribution in [3.05, 3.63) is 28.8 Å². The minimum absolute atomic E-state index is 0.0197. The summed E-state index contributed by atoms with van der Waals surface area (Å²) in [5.41, 5.74) is 2.22. The Bertz CT molecular complexity index is 662. The van der Waals surface area contributed by atoms with Gasteiger partial charge in [-0.3, -0.25) is 9.59 Å². The summed E-state index contributed by atoms with van der Waals surface area (Å²) in [6, 6.07) is 3.90. The summed E-state index contributed by atoms with van der Waals surface area (Å²) in [5, 5.41) is 0. The van der Waals surface area contributed by atoms with Gasteiger partial charge in [-0.25, -0.2) is 0 Å². The molecule has 1 fully saturated rings. The third-order valence-corrected chi connectivity index (χ3v) is 4.57. The number of amides is 2. The molecule has 1 saturated heterocycles.